The Morgan fingerprint density at radius 2 is 2.10 bits per heavy atom. The lowest BCUT2D eigenvalue weighted by Gasteiger charge is -2.21. The molecule has 0 spiro atoms. The molecule has 1 aromatic rings. The molecule has 2 N–H and O–H groups in total. The number of likely N-dealkylation sites (N-methyl/N-ethyl adjacent to an activating group) is 1. The van der Waals surface area contributed by atoms with E-state index in [-0.39, 0.29) is 23.9 Å². The number of carbonyl (C=O) groups is 1. The van der Waals surface area contributed by atoms with E-state index in [9.17, 15) is 4.79 Å². The number of carbonyl (C=O) groups excluding carboxylic acids is 1. The van der Waals surface area contributed by atoms with E-state index >= 15 is 0 Å². The van der Waals surface area contributed by atoms with Crippen molar-refractivity contribution < 1.29 is 9.53 Å². The summed E-state index contributed by atoms with van der Waals surface area (Å²) in [5.41, 5.74) is 1.04. The van der Waals surface area contributed by atoms with Gasteiger partial charge in [-0.3, -0.25) is 4.79 Å². The molecule has 5 heteroatoms. The highest BCUT2D eigenvalue weighted by Gasteiger charge is 2.33. The maximum absolute atomic E-state index is 12.3. The number of amides is 1. The molecule has 1 heterocycles. The van der Waals surface area contributed by atoms with Crippen LogP contribution in [0.4, 0.5) is 0 Å². The van der Waals surface area contributed by atoms with Gasteiger partial charge in [-0.05, 0) is 31.2 Å². The van der Waals surface area contributed by atoms with E-state index in [1.54, 1.807) is 0 Å². The molecule has 2 rings (SSSR count). The molecule has 2 unspecified atom stereocenters. The number of ether oxygens (including phenoxy) is 1. The predicted molar refractivity (Wildman–Crippen MR) is 79.8 cm³/mol. The van der Waals surface area contributed by atoms with Crippen molar-refractivity contribution >= 4 is 17.5 Å². The minimum atomic E-state index is -0.121. The molecule has 1 fully saturated rings. The molecule has 0 aliphatic carbocycles. The third-order valence-electron chi connectivity index (χ3n) is 3.61. The van der Waals surface area contributed by atoms with E-state index < -0.39 is 0 Å². The first-order valence-corrected chi connectivity index (χ1v) is 7.36. The molecule has 4 nitrogen and oxygen atoms in total. The average molecular weight is 297 g/mol. The highest BCUT2D eigenvalue weighted by atomic mass is 35.5. The number of benzene rings is 1. The fourth-order valence-electron chi connectivity index (χ4n) is 2.43. The van der Waals surface area contributed by atoms with Crippen molar-refractivity contribution in [3.8, 4) is 0 Å². The van der Waals surface area contributed by atoms with Gasteiger partial charge in [0.15, 0.2) is 0 Å². The van der Waals surface area contributed by atoms with Crippen LogP contribution in [0.3, 0.4) is 0 Å². The second kappa shape index (κ2) is 7.07. The Hall–Kier alpha value is -1.10. The first-order valence-electron chi connectivity index (χ1n) is 6.98. The molecule has 1 aromatic carbocycles. The summed E-state index contributed by atoms with van der Waals surface area (Å²) in [6.07, 6.45) is 0. The molecule has 0 bridgehead atoms. The molecular formula is C15H21ClN2O2. The highest BCUT2D eigenvalue weighted by molar-refractivity contribution is 6.30. The summed E-state index contributed by atoms with van der Waals surface area (Å²) in [5, 5.41) is 7.03. The molecule has 0 radical (unpaired) electrons. The van der Waals surface area contributed by atoms with E-state index in [1.165, 1.54) is 0 Å². The summed E-state index contributed by atoms with van der Waals surface area (Å²) >= 11 is 5.87. The molecule has 3 atom stereocenters. The van der Waals surface area contributed by atoms with Gasteiger partial charge in [0.2, 0.25) is 5.91 Å². The van der Waals surface area contributed by atoms with Gasteiger partial charge in [0.1, 0.15) is 0 Å². The first-order chi connectivity index (χ1) is 9.61. The number of hydrogen-bond donors (Lipinski definition) is 2. The van der Waals surface area contributed by atoms with Gasteiger partial charge in [0.05, 0.1) is 25.2 Å². The summed E-state index contributed by atoms with van der Waals surface area (Å²) in [5.74, 6) is -0.0828. The number of halogens is 1. The van der Waals surface area contributed by atoms with Crippen LogP contribution in [0.2, 0.25) is 5.02 Å². The monoisotopic (exact) mass is 296 g/mol. The van der Waals surface area contributed by atoms with Crippen molar-refractivity contribution in [1.29, 1.82) is 0 Å². The predicted octanol–water partition coefficient (Wildman–Crippen LogP) is 2.14. The molecule has 20 heavy (non-hydrogen) atoms. The third kappa shape index (κ3) is 3.72. The first kappa shape index (κ1) is 15.3. The maximum Gasteiger partial charge on any atom is 0.227 e. The van der Waals surface area contributed by atoms with Gasteiger partial charge < -0.3 is 15.4 Å². The normalized spacial score (nSPS) is 23.6. The smallest absolute Gasteiger partial charge is 0.227 e. The molecule has 1 saturated heterocycles. The molecule has 1 aliphatic rings. The quantitative estimate of drug-likeness (QED) is 0.875. The molecule has 110 valence electrons. The van der Waals surface area contributed by atoms with Crippen LogP contribution in [-0.2, 0) is 9.53 Å². The van der Waals surface area contributed by atoms with Crippen molar-refractivity contribution in [2.45, 2.75) is 25.9 Å². The average Bonchev–Trinajstić information content (AvgIpc) is 2.88. The van der Waals surface area contributed by atoms with Gasteiger partial charge in [0, 0.05) is 11.1 Å². The summed E-state index contributed by atoms with van der Waals surface area (Å²) in [6, 6.07) is 7.60. The summed E-state index contributed by atoms with van der Waals surface area (Å²) in [6.45, 7) is 5.92. The Morgan fingerprint density at radius 1 is 1.40 bits per heavy atom. The maximum atomic E-state index is 12.3. The second-order valence-electron chi connectivity index (χ2n) is 5.09. The number of hydrogen-bond acceptors (Lipinski definition) is 3. The zero-order valence-electron chi connectivity index (χ0n) is 11.9. The standard InChI is InChI=1S/C15H21ClN2O2/c1-3-17-14-9-20-8-13(14)15(19)18-10(2)11-4-6-12(16)7-5-11/h4-7,10,13-14,17H,3,8-9H2,1-2H3,(H,18,19)/t10-,13?,14?/m0/s1. The summed E-state index contributed by atoms with van der Waals surface area (Å²) in [4.78, 5) is 12.3. The molecule has 1 aliphatic heterocycles. The van der Waals surface area contributed by atoms with Crippen molar-refractivity contribution in [1.82, 2.24) is 10.6 Å². The Labute approximate surface area is 124 Å². The second-order valence-corrected chi connectivity index (χ2v) is 5.53. The minimum Gasteiger partial charge on any atom is -0.379 e. The van der Waals surface area contributed by atoms with E-state index in [2.05, 4.69) is 10.6 Å². The van der Waals surface area contributed by atoms with Gasteiger partial charge in [-0.2, -0.15) is 0 Å². The van der Waals surface area contributed by atoms with Gasteiger partial charge >= 0.3 is 0 Å². The zero-order chi connectivity index (χ0) is 14.5. The Bertz CT molecular complexity index is 450. The van der Waals surface area contributed by atoms with Crippen molar-refractivity contribution in [2.24, 2.45) is 5.92 Å². The van der Waals surface area contributed by atoms with Crippen LogP contribution in [0.5, 0.6) is 0 Å². The van der Waals surface area contributed by atoms with Crippen LogP contribution in [0.25, 0.3) is 0 Å². The van der Waals surface area contributed by atoms with Crippen LogP contribution in [0.1, 0.15) is 25.5 Å². The molecule has 0 saturated carbocycles. The molecule has 0 aromatic heterocycles. The van der Waals surface area contributed by atoms with E-state index in [1.807, 2.05) is 38.1 Å². The molecular weight excluding hydrogens is 276 g/mol. The lowest BCUT2D eigenvalue weighted by Crippen LogP contribution is -2.44. The Morgan fingerprint density at radius 3 is 2.75 bits per heavy atom. The van der Waals surface area contributed by atoms with Crippen LogP contribution < -0.4 is 10.6 Å². The fourth-order valence-corrected chi connectivity index (χ4v) is 2.56. The largest absolute Gasteiger partial charge is 0.379 e. The Balaban J connectivity index is 1.95. The molecule has 1 amide bonds. The fraction of sp³-hybridized carbons (Fsp3) is 0.533. The van der Waals surface area contributed by atoms with Crippen LogP contribution in [0, 0.1) is 5.92 Å². The zero-order valence-corrected chi connectivity index (χ0v) is 12.6. The van der Waals surface area contributed by atoms with Crippen LogP contribution >= 0.6 is 11.6 Å². The highest BCUT2D eigenvalue weighted by Crippen LogP contribution is 2.19. The third-order valence-corrected chi connectivity index (χ3v) is 3.86. The van der Waals surface area contributed by atoms with E-state index in [4.69, 9.17) is 16.3 Å². The lowest BCUT2D eigenvalue weighted by atomic mass is 10.0. The summed E-state index contributed by atoms with van der Waals surface area (Å²) < 4.78 is 5.41. The van der Waals surface area contributed by atoms with Crippen molar-refractivity contribution in [2.75, 3.05) is 19.8 Å². The van der Waals surface area contributed by atoms with Gasteiger partial charge in [-0.1, -0.05) is 30.7 Å². The van der Waals surface area contributed by atoms with Crippen LogP contribution in [0.15, 0.2) is 24.3 Å². The number of nitrogens with one attached hydrogen (secondary N) is 2. The summed E-state index contributed by atoms with van der Waals surface area (Å²) in [7, 11) is 0. The van der Waals surface area contributed by atoms with Gasteiger partial charge in [-0.25, -0.2) is 0 Å². The SMILES string of the molecule is CCNC1COCC1C(=O)N[C@@H](C)c1ccc(Cl)cc1. The Kier molecular flexibility index (Phi) is 5.40. The van der Waals surface area contributed by atoms with Crippen molar-refractivity contribution in [3.63, 3.8) is 0 Å². The minimum absolute atomic E-state index is 0.0379. The van der Waals surface area contributed by atoms with Crippen molar-refractivity contribution in [3.05, 3.63) is 34.9 Å². The van der Waals surface area contributed by atoms with Gasteiger partial charge in [0.25, 0.3) is 0 Å². The van der Waals surface area contributed by atoms with Crippen LogP contribution in [-0.4, -0.2) is 31.7 Å². The topological polar surface area (TPSA) is 50.4 Å². The lowest BCUT2D eigenvalue weighted by molar-refractivity contribution is -0.126. The van der Waals surface area contributed by atoms with Gasteiger partial charge in [-0.15, -0.1) is 0 Å². The van der Waals surface area contributed by atoms with E-state index in [0.29, 0.717) is 18.2 Å². The van der Waals surface area contributed by atoms with E-state index in [0.717, 1.165) is 12.1 Å². The number of rotatable bonds is 5.